The molecule has 0 rings (SSSR count). The fraction of sp³-hybridized carbons (Fsp3) is 0.800. The predicted molar refractivity (Wildman–Crippen MR) is 71.4 cm³/mol. The van der Waals surface area contributed by atoms with Gasteiger partial charge in [0.25, 0.3) is 0 Å². The maximum absolute atomic E-state index is 10.6. The molecule has 0 spiro atoms. The molecule has 2 atom stereocenters. The molecular weight excluding hydrogens is 244 g/mol. The second kappa shape index (κ2) is 11.4. The number of thioether (sulfide) groups is 2. The highest BCUT2D eigenvalue weighted by Gasteiger charge is 2.20. The zero-order chi connectivity index (χ0) is 12.2. The van der Waals surface area contributed by atoms with E-state index < -0.39 is 0 Å². The Kier molecular flexibility index (Phi) is 11.4. The molecule has 0 aliphatic heterocycles. The van der Waals surface area contributed by atoms with Gasteiger partial charge in [0.15, 0.2) is 0 Å². The van der Waals surface area contributed by atoms with Crippen LogP contribution < -0.4 is 11.5 Å². The van der Waals surface area contributed by atoms with Crippen molar-refractivity contribution >= 4 is 36.1 Å². The number of carbonyl (C=O) groups excluding carboxylic acids is 2. The largest absolute Gasteiger partial charge is 0.322 e. The van der Waals surface area contributed by atoms with E-state index in [0.29, 0.717) is 24.6 Å². The quantitative estimate of drug-likeness (QED) is 0.422. The van der Waals surface area contributed by atoms with E-state index in [1.165, 1.54) is 0 Å². The van der Waals surface area contributed by atoms with Crippen molar-refractivity contribution in [3.63, 3.8) is 0 Å². The molecule has 0 fully saturated rings. The first-order valence-electron chi connectivity index (χ1n) is 5.23. The van der Waals surface area contributed by atoms with Crippen molar-refractivity contribution in [1.29, 1.82) is 0 Å². The van der Waals surface area contributed by atoms with Gasteiger partial charge in [-0.15, -0.1) is 23.5 Å². The van der Waals surface area contributed by atoms with Crippen LogP contribution in [0.5, 0.6) is 0 Å². The smallest absolute Gasteiger partial charge is 0.120 e. The van der Waals surface area contributed by atoms with E-state index >= 15 is 0 Å². The van der Waals surface area contributed by atoms with Crippen molar-refractivity contribution in [2.24, 2.45) is 23.3 Å². The van der Waals surface area contributed by atoms with Crippen LogP contribution in [0.4, 0.5) is 0 Å². The maximum atomic E-state index is 10.6. The molecule has 0 aromatic heterocycles. The first-order valence-corrected chi connectivity index (χ1v) is 7.53. The molecule has 0 saturated carbocycles. The summed E-state index contributed by atoms with van der Waals surface area (Å²) in [5.74, 6) is 3.23. The predicted octanol–water partition coefficient (Wildman–Crippen LogP) is 0.696. The SMILES string of the molecule is NCSCC(CC=O)C(CC=O)CSCN. The number of aldehydes is 2. The molecule has 4 nitrogen and oxygen atoms in total. The van der Waals surface area contributed by atoms with E-state index in [2.05, 4.69) is 0 Å². The fourth-order valence-electron chi connectivity index (χ4n) is 1.48. The molecule has 16 heavy (non-hydrogen) atoms. The van der Waals surface area contributed by atoms with Crippen LogP contribution in [-0.4, -0.2) is 35.8 Å². The van der Waals surface area contributed by atoms with Crippen LogP contribution in [0.1, 0.15) is 12.8 Å². The minimum Gasteiger partial charge on any atom is -0.322 e. The molecule has 0 radical (unpaired) electrons. The highest BCUT2D eigenvalue weighted by Crippen LogP contribution is 2.25. The highest BCUT2D eigenvalue weighted by molar-refractivity contribution is 7.99. The van der Waals surface area contributed by atoms with Crippen molar-refractivity contribution < 1.29 is 9.59 Å². The third-order valence-corrected chi connectivity index (χ3v) is 4.16. The molecule has 6 heteroatoms. The molecule has 0 saturated heterocycles. The van der Waals surface area contributed by atoms with E-state index in [-0.39, 0.29) is 11.8 Å². The Hall–Kier alpha value is -0.0400. The summed E-state index contributed by atoms with van der Waals surface area (Å²) in [6.07, 6.45) is 2.84. The second-order valence-corrected chi connectivity index (χ2v) is 5.55. The zero-order valence-electron chi connectivity index (χ0n) is 9.34. The Morgan fingerprint density at radius 1 is 0.875 bits per heavy atom. The van der Waals surface area contributed by atoms with E-state index in [1.807, 2.05) is 0 Å². The molecule has 2 unspecified atom stereocenters. The van der Waals surface area contributed by atoms with Crippen molar-refractivity contribution in [1.82, 2.24) is 0 Å². The van der Waals surface area contributed by atoms with Crippen molar-refractivity contribution in [3.8, 4) is 0 Å². The lowest BCUT2D eigenvalue weighted by Crippen LogP contribution is -2.22. The van der Waals surface area contributed by atoms with Gasteiger partial charge in [-0.2, -0.15) is 0 Å². The highest BCUT2D eigenvalue weighted by atomic mass is 32.2. The van der Waals surface area contributed by atoms with Crippen LogP contribution in [0.25, 0.3) is 0 Å². The average molecular weight is 264 g/mol. The Morgan fingerprint density at radius 3 is 1.50 bits per heavy atom. The van der Waals surface area contributed by atoms with Crippen molar-refractivity contribution in [3.05, 3.63) is 0 Å². The summed E-state index contributed by atoms with van der Waals surface area (Å²) in [5.41, 5.74) is 10.9. The molecular formula is C10H20N2O2S2. The van der Waals surface area contributed by atoms with Gasteiger partial charge in [-0.3, -0.25) is 0 Å². The van der Waals surface area contributed by atoms with Crippen LogP contribution in [-0.2, 0) is 9.59 Å². The van der Waals surface area contributed by atoms with Gasteiger partial charge in [-0.1, -0.05) is 0 Å². The monoisotopic (exact) mass is 264 g/mol. The van der Waals surface area contributed by atoms with E-state index in [1.54, 1.807) is 23.5 Å². The summed E-state index contributed by atoms with van der Waals surface area (Å²) >= 11 is 3.21. The Balaban J connectivity index is 4.24. The third kappa shape index (κ3) is 7.27. The topological polar surface area (TPSA) is 86.2 Å². The number of hydrogen-bond donors (Lipinski definition) is 2. The van der Waals surface area contributed by atoms with Gasteiger partial charge in [0.2, 0.25) is 0 Å². The lowest BCUT2D eigenvalue weighted by molar-refractivity contribution is -0.111. The molecule has 0 aromatic rings. The Morgan fingerprint density at radius 2 is 1.25 bits per heavy atom. The zero-order valence-corrected chi connectivity index (χ0v) is 11.0. The van der Waals surface area contributed by atoms with E-state index in [4.69, 9.17) is 11.5 Å². The summed E-state index contributed by atoms with van der Waals surface area (Å²) in [6, 6.07) is 0. The van der Waals surface area contributed by atoms with Gasteiger partial charge in [0, 0.05) is 24.6 Å². The van der Waals surface area contributed by atoms with Gasteiger partial charge in [-0.25, -0.2) is 0 Å². The second-order valence-electron chi connectivity index (χ2n) is 3.40. The first-order chi connectivity index (χ1) is 7.79. The van der Waals surface area contributed by atoms with Crippen LogP contribution in [0.2, 0.25) is 0 Å². The van der Waals surface area contributed by atoms with Gasteiger partial charge < -0.3 is 21.1 Å². The summed E-state index contributed by atoms with van der Waals surface area (Å²) in [4.78, 5) is 21.2. The molecule has 0 bridgehead atoms. The third-order valence-electron chi connectivity index (χ3n) is 2.36. The maximum Gasteiger partial charge on any atom is 0.120 e. The van der Waals surface area contributed by atoms with Crippen LogP contribution >= 0.6 is 23.5 Å². The molecule has 0 heterocycles. The molecule has 0 amide bonds. The minimum absolute atomic E-state index is 0.232. The lowest BCUT2D eigenvalue weighted by atomic mass is 9.91. The molecule has 94 valence electrons. The molecule has 4 N–H and O–H groups in total. The van der Waals surface area contributed by atoms with E-state index in [0.717, 1.165) is 24.1 Å². The average Bonchev–Trinajstić information content (AvgIpc) is 2.30. The van der Waals surface area contributed by atoms with Crippen molar-refractivity contribution in [2.45, 2.75) is 12.8 Å². The fourth-order valence-corrected chi connectivity index (χ4v) is 3.17. The number of hydrogen-bond acceptors (Lipinski definition) is 6. The van der Waals surface area contributed by atoms with Crippen LogP contribution in [0.15, 0.2) is 0 Å². The number of rotatable bonds is 11. The number of nitrogens with two attached hydrogens (primary N) is 2. The normalized spacial score (nSPS) is 14.4. The Bertz CT molecular complexity index is 174. The van der Waals surface area contributed by atoms with Gasteiger partial charge in [0.05, 0.1) is 0 Å². The summed E-state index contributed by atoms with van der Waals surface area (Å²) in [6.45, 7) is 0. The standard InChI is InChI=1S/C10H20N2O2S2/c11-7-15-5-9(1-3-13)10(2-4-14)6-16-8-12/h3-4,9-10H,1-2,5-8,11-12H2. The molecule has 0 aliphatic rings. The minimum atomic E-state index is 0.232. The lowest BCUT2D eigenvalue weighted by Gasteiger charge is -2.23. The summed E-state index contributed by atoms with van der Waals surface area (Å²) in [7, 11) is 0. The number of carbonyl (C=O) groups is 2. The Labute approximate surface area is 105 Å². The van der Waals surface area contributed by atoms with Gasteiger partial charge in [-0.05, 0) is 23.3 Å². The van der Waals surface area contributed by atoms with E-state index in [9.17, 15) is 9.59 Å². The van der Waals surface area contributed by atoms with Gasteiger partial charge in [0.1, 0.15) is 12.6 Å². The van der Waals surface area contributed by atoms with Gasteiger partial charge >= 0.3 is 0 Å². The summed E-state index contributed by atoms with van der Waals surface area (Å²) < 4.78 is 0. The van der Waals surface area contributed by atoms with Crippen LogP contribution in [0.3, 0.4) is 0 Å². The van der Waals surface area contributed by atoms with Crippen molar-refractivity contribution in [2.75, 3.05) is 23.3 Å². The molecule has 0 aliphatic carbocycles. The first kappa shape index (κ1) is 16.0. The molecule has 0 aromatic carbocycles. The van der Waals surface area contributed by atoms with Crippen LogP contribution in [0, 0.1) is 11.8 Å². The summed E-state index contributed by atoms with van der Waals surface area (Å²) in [5, 5.41) is 0.